The number of anilines is 1. The molecule has 0 radical (unpaired) electrons. The maximum atomic E-state index is 10.8. The number of hydrogen-bond donors (Lipinski definition) is 2. The van der Waals surface area contributed by atoms with Crippen molar-refractivity contribution in [1.29, 1.82) is 0 Å². The summed E-state index contributed by atoms with van der Waals surface area (Å²) in [5.74, 6) is 0.0287. The molecule has 0 aliphatic rings. The van der Waals surface area contributed by atoms with Gasteiger partial charge >= 0.3 is 0 Å². The lowest BCUT2D eigenvalue weighted by Gasteiger charge is -2.21. The summed E-state index contributed by atoms with van der Waals surface area (Å²) >= 11 is 0. The van der Waals surface area contributed by atoms with E-state index in [1.54, 1.807) is 0 Å². The van der Waals surface area contributed by atoms with E-state index < -0.39 is 10.0 Å². The van der Waals surface area contributed by atoms with Gasteiger partial charge in [-0.05, 0) is 44.5 Å². The van der Waals surface area contributed by atoms with Crippen LogP contribution in [0, 0.1) is 0 Å². The Balaban J connectivity index is 2.35. The summed E-state index contributed by atoms with van der Waals surface area (Å²) in [5.41, 5.74) is 2.42. The van der Waals surface area contributed by atoms with Gasteiger partial charge in [-0.15, -0.1) is 0 Å². The standard InChI is InChI=1S/C14H25N3O2S/c1-3-17(4-2)14-8-6-13(7-9-14)12-16-10-5-11-20(15,18)19/h6-9,16H,3-5,10-12H2,1-2H3,(H2,15,18,19). The highest BCUT2D eigenvalue weighted by Gasteiger charge is 2.02. The first-order chi connectivity index (χ1) is 9.46. The smallest absolute Gasteiger partial charge is 0.209 e. The van der Waals surface area contributed by atoms with Gasteiger partial charge in [0.25, 0.3) is 0 Å². The average molecular weight is 299 g/mol. The van der Waals surface area contributed by atoms with E-state index in [2.05, 4.69) is 48.3 Å². The molecule has 0 aromatic heterocycles. The number of nitrogens with one attached hydrogen (secondary N) is 1. The van der Waals surface area contributed by atoms with Crippen molar-refractivity contribution in [2.75, 3.05) is 30.3 Å². The molecule has 1 rings (SSSR count). The van der Waals surface area contributed by atoms with Gasteiger partial charge in [-0.1, -0.05) is 12.1 Å². The molecule has 1 aromatic carbocycles. The third-order valence-corrected chi connectivity index (χ3v) is 4.03. The summed E-state index contributed by atoms with van der Waals surface area (Å²) in [4.78, 5) is 2.29. The van der Waals surface area contributed by atoms with E-state index in [9.17, 15) is 8.42 Å². The normalized spacial score (nSPS) is 11.6. The van der Waals surface area contributed by atoms with Crippen LogP contribution in [-0.4, -0.2) is 33.8 Å². The largest absolute Gasteiger partial charge is 0.372 e. The first-order valence-corrected chi connectivity index (χ1v) is 8.73. The molecule has 0 aliphatic heterocycles. The molecule has 0 saturated heterocycles. The third kappa shape index (κ3) is 6.36. The van der Waals surface area contributed by atoms with Crippen molar-refractivity contribution >= 4 is 15.7 Å². The van der Waals surface area contributed by atoms with Gasteiger partial charge in [0.2, 0.25) is 10.0 Å². The van der Waals surface area contributed by atoms with E-state index >= 15 is 0 Å². The van der Waals surface area contributed by atoms with Crippen molar-refractivity contribution in [3.05, 3.63) is 29.8 Å². The van der Waals surface area contributed by atoms with E-state index in [-0.39, 0.29) is 5.75 Å². The average Bonchev–Trinajstić information content (AvgIpc) is 2.40. The van der Waals surface area contributed by atoms with Crippen LogP contribution >= 0.6 is 0 Å². The molecule has 0 amide bonds. The predicted octanol–water partition coefficient (Wildman–Crippen LogP) is 1.30. The van der Waals surface area contributed by atoms with Crippen LogP contribution in [0.2, 0.25) is 0 Å². The summed E-state index contributed by atoms with van der Waals surface area (Å²) in [6.07, 6.45) is 0.538. The van der Waals surface area contributed by atoms with Crippen LogP contribution in [0.1, 0.15) is 25.8 Å². The van der Waals surface area contributed by atoms with Crippen LogP contribution in [0.4, 0.5) is 5.69 Å². The molecule has 114 valence electrons. The van der Waals surface area contributed by atoms with Gasteiger partial charge in [-0.3, -0.25) is 0 Å². The molecule has 0 fully saturated rings. The molecule has 0 heterocycles. The van der Waals surface area contributed by atoms with Gasteiger partial charge in [0.05, 0.1) is 5.75 Å². The van der Waals surface area contributed by atoms with Crippen molar-refractivity contribution in [2.24, 2.45) is 5.14 Å². The topological polar surface area (TPSA) is 75.4 Å². The zero-order valence-electron chi connectivity index (χ0n) is 12.3. The van der Waals surface area contributed by atoms with E-state index in [0.717, 1.165) is 19.6 Å². The molecule has 0 spiro atoms. The van der Waals surface area contributed by atoms with E-state index in [0.29, 0.717) is 13.0 Å². The Bertz CT molecular complexity index is 482. The van der Waals surface area contributed by atoms with Crippen LogP contribution in [-0.2, 0) is 16.6 Å². The fourth-order valence-corrected chi connectivity index (χ4v) is 2.59. The fourth-order valence-electron chi connectivity index (χ4n) is 2.04. The second kappa shape index (κ2) is 8.24. The van der Waals surface area contributed by atoms with Crippen LogP contribution in [0.15, 0.2) is 24.3 Å². The van der Waals surface area contributed by atoms with Gasteiger partial charge in [0.1, 0.15) is 0 Å². The van der Waals surface area contributed by atoms with Crippen molar-refractivity contribution in [3.8, 4) is 0 Å². The van der Waals surface area contributed by atoms with Gasteiger partial charge in [-0.2, -0.15) is 0 Å². The first-order valence-electron chi connectivity index (χ1n) is 7.01. The number of primary sulfonamides is 1. The zero-order chi connectivity index (χ0) is 15.0. The Kier molecular flexibility index (Phi) is 6.98. The minimum atomic E-state index is -3.34. The summed E-state index contributed by atoms with van der Waals surface area (Å²) in [5, 5.41) is 8.16. The lowest BCUT2D eigenvalue weighted by atomic mass is 10.2. The Morgan fingerprint density at radius 1 is 1.15 bits per heavy atom. The molecule has 0 atom stereocenters. The third-order valence-electron chi connectivity index (χ3n) is 3.18. The number of nitrogens with two attached hydrogens (primary N) is 1. The summed E-state index contributed by atoms with van der Waals surface area (Å²) in [7, 11) is -3.34. The SMILES string of the molecule is CCN(CC)c1ccc(CNCCCS(N)(=O)=O)cc1. The van der Waals surface area contributed by atoms with Crippen molar-refractivity contribution in [3.63, 3.8) is 0 Å². The summed E-state index contributed by atoms with van der Waals surface area (Å²) in [6, 6.07) is 8.43. The molecule has 1 aromatic rings. The minimum Gasteiger partial charge on any atom is -0.372 e. The maximum Gasteiger partial charge on any atom is 0.209 e. The number of hydrogen-bond acceptors (Lipinski definition) is 4. The van der Waals surface area contributed by atoms with E-state index in [1.165, 1.54) is 11.3 Å². The Morgan fingerprint density at radius 3 is 2.25 bits per heavy atom. The molecule has 0 saturated carbocycles. The van der Waals surface area contributed by atoms with Crippen LogP contribution in [0.25, 0.3) is 0 Å². The van der Waals surface area contributed by atoms with Crippen LogP contribution in [0.5, 0.6) is 0 Å². The second-order valence-corrected chi connectivity index (χ2v) is 6.47. The van der Waals surface area contributed by atoms with Gasteiger partial charge in [0, 0.05) is 25.3 Å². The Hall–Kier alpha value is -1.11. The molecule has 20 heavy (non-hydrogen) atoms. The first kappa shape index (κ1) is 16.9. The molecule has 6 heteroatoms. The lowest BCUT2D eigenvalue weighted by Crippen LogP contribution is -2.22. The fraction of sp³-hybridized carbons (Fsp3) is 0.571. The molecule has 0 unspecified atom stereocenters. The molecule has 5 nitrogen and oxygen atoms in total. The van der Waals surface area contributed by atoms with Gasteiger partial charge in [-0.25, -0.2) is 13.6 Å². The lowest BCUT2D eigenvalue weighted by molar-refractivity contribution is 0.590. The predicted molar refractivity (Wildman–Crippen MR) is 84.3 cm³/mol. The van der Waals surface area contributed by atoms with E-state index in [4.69, 9.17) is 5.14 Å². The molecular formula is C14H25N3O2S. The van der Waals surface area contributed by atoms with Crippen molar-refractivity contribution in [2.45, 2.75) is 26.8 Å². The monoisotopic (exact) mass is 299 g/mol. The van der Waals surface area contributed by atoms with Crippen LogP contribution in [0.3, 0.4) is 0 Å². The van der Waals surface area contributed by atoms with E-state index in [1.807, 2.05) is 0 Å². The second-order valence-electron chi connectivity index (χ2n) is 4.74. The maximum absolute atomic E-state index is 10.8. The van der Waals surface area contributed by atoms with Crippen molar-refractivity contribution in [1.82, 2.24) is 5.32 Å². The Labute approximate surface area is 122 Å². The number of sulfonamides is 1. The van der Waals surface area contributed by atoms with Gasteiger partial charge in [0.15, 0.2) is 0 Å². The zero-order valence-corrected chi connectivity index (χ0v) is 13.1. The highest BCUT2D eigenvalue weighted by molar-refractivity contribution is 7.89. The number of rotatable bonds is 9. The molecular weight excluding hydrogens is 274 g/mol. The number of benzene rings is 1. The van der Waals surface area contributed by atoms with Gasteiger partial charge < -0.3 is 10.2 Å². The highest BCUT2D eigenvalue weighted by atomic mass is 32.2. The Morgan fingerprint density at radius 2 is 1.75 bits per heavy atom. The molecule has 3 N–H and O–H groups in total. The minimum absolute atomic E-state index is 0.0287. The summed E-state index contributed by atoms with van der Waals surface area (Å²) < 4.78 is 21.5. The van der Waals surface area contributed by atoms with Crippen molar-refractivity contribution < 1.29 is 8.42 Å². The molecule has 0 aliphatic carbocycles. The highest BCUT2D eigenvalue weighted by Crippen LogP contribution is 2.14. The van der Waals surface area contributed by atoms with Crippen LogP contribution < -0.4 is 15.4 Å². The quantitative estimate of drug-likeness (QED) is 0.674. The number of nitrogens with zero attached hydrogens (tertiary/aromatic N) is 1. The molecule has 0 bridgehead atoms. The summed E-state index contributed by atoms with van der Waals surface area (Å²) in [6.45, 7) is 7.68.